The molecule has 0 N–H and O–H groups in total. The van der Waals surface area contributed by atoms with Crippen LogP contribution in [0.3, 0.4) is 0 Å². The van der Waals surface area contributed by atoms with Crippen LogP contribution >= 0.6 is 0 Å². The molecule has 1 aliphatic carbocycles. The van der Waals surface area contributed by atoms with E-state index in [1.54, 1.807) is 11.0 Å². The molecule has 1 amide bonds. The summed E-state index contributed by atoms with van der Waals surface area (Å²) >= 11 is 0. The molecule has 5 heteroatoms. The average Bonchev–Trinajstić information content (AvgIpc) is 3.25. The number of carbonyl (C=O) groups is 2. The molecule has 1 saturated heterocycles. The quantitative estimate of drug-likeness (QED) is 0.586. The van der Waals surface area contributed by atoms with E-state index in [0.29, 0.717) is 12.5 Å². The Morgan fingerprint density at radius 3 is 2.30 bits per heavy atom. The Morgan fingerprint density at radius 1 is 1.22 bits per heavy atom. The average molecular weight is 323 g/mol. The van der Waals surface area contributed by atoms with E-state index in [4.69, 9.17) is 9.47 Å². The smallest absolute Gasteiger partial charge is 0.410 e. The molecule has 0 aromatic rings. The van der Waals surface area contributed by atoms with E-state index in [9.17, 15) is 9.59 Å². The Hall–Kier alpha value is -1.52. The van der Waals surface area contributed by atoms with E-state index < -0.39 is 5.60 Å². The van der Waals surface area contributed by atoms with E-state index >= 15 is 0 Å². The van der Waals surface area contributed by atoms with Crippen LogP contribution in [-0.4, -0.2) is 42.3 Å². The number of likely N-dealkylation sites (tertiary alicyclic amines) is 1. The first-order valence-electron chi connectivity index (χ1n) is 8.60. The maximum Gasteiger partial charge on any atom is 0.410 e. The first-order valence-corrected chi connectivity index (χ1v) is 8.60. The minimum absolute atomic E-state index is 0.146. The number of allylic oxidation sites excluding steroid dienone is 1. The van der Waals surface area contributed by atoms with Crippen LogP contribution in [0.2, 0.25) is 0 Å². The highest BCUT2D eigenvalue weighted by Gasteiger charge is 2.48. The van der Waals surface area contributed by atoms with Gasteiger partial charge >= 0.3 is 12.1 Å². The standard InChI is InChI=1S/C18H29NO4/c1-5-22-15(20)6-9-18(10-11-18)14-7-12-19(13-8-14)16(21)23-17(2,3)4/h6,9,14H,5,7-8,10-13H2,1-4H3/b9-6+. The zero-order valence-electron chi connectivity index (χ0n) is 14.8. The van der Waals surface area contributed by atoms with Gasteiger partial charge in [-0.15, -0.1) is 0 Å². The number of rotatable bonds is 4. The molecule has 1 aliphatic heterocycles. The lowest BCUT2D eigenvalue weighted by atomic mass is 9.81. The molecule has 2 fully saturated rings. The monoisotopic (exact) mass is 323 g/mol. The van der Waals surface area contributed by atoms with Gasteiger partial charge in [0.2, 0.25) is 0 Å². The summed E-state index contributed by atoms with van der Waals surface area (Å²) in [5.74, 6) is 0.275. The van der Waals surface area contributed by atoms with E-state index in [1.165, 1.54) is 0 Å². The molecule has 0 atom stereocenters. The molecule has 0 aromatic heterocycles. The highest BCUT2D eigenvalue weighted by molar-refractivity contribution is 5.82. The van der Waals surface area contributed by atoms with Crippen molar-refractivity contribution in [2.24, 2.45) is 11.3 Å². The first kappa shape index (κ1) is 17.8. The number of carbonyl (C=O) groups excluding carboxylic acids is 2. The zero-order valence-corrected chi connectivity index (χ0v) is 14.8. The van der Waals surface area contributed by atoms with E-state index in [0.717, 1.165) is 38.8 Å². The van der Waals surface area contributed by atoms with Crippen molar-refractivity contribution in [3.8, 4) is 0 Å². The minimum atomic E-state index is -0.450. The summed E-state index contributed by atoms with van der Waals surface area (Å²) in [6.07, 6.45) is 7.58. The third-order valence-corrected chi connectivity index (χ3v) is 4.62. The summed E-state index contributed by atoms with van der Waals surface area (Å²) in [7, 11) is 0. The van der Waals surface area contributed by atoms with Gasteiger partial charge in [-0.05, 0) is 64.7 Å². The predicted octanol–water partition coefficient (Wildman–Crippen LogP) is 3.53. The summed E-state index contributed by atoms with van der Waals surface area (Å²) in [6, 6.07) is 0. The van der Waals surface area contributed by atoms with Gasteiger partial charge in [-0.25, -0.2) is 9.59 Å². The lowest BCUT2D eigenvalue weighted by molar-refractivity contribution is -0.137. The minimum Gasteiger partial charge on any atom is -0.463 e. The molecular weight excluding hydrogens is 294 g/mol. The third kappa shape index (κ3) is 4.98. The van der Waals surface area contributed by atoms with Crippen molar-refractivity contribution < 1.29 is 19.1 Å². The van der Waals surface area contributed by atoms with Gasteiger partial charge in [0, 0.05) is 19.2 Å². The van der Waals surface area contributed by atoms with Gasteiger partial charge < -0.3 is 14.4 Å². The third-order valence-electron chi connectivity index (χ3n) is 4.62. The van der Waals surface area contributed by atoms with Gasteiger partial charge in [-0.2, -0.15) is 0 Å². The van der Waals surface area contributed by atoms with E-state index in [2.05, 4.69) is 0 Å². The largest absolute Gasteiger partial charge is 0.463 e. The number of hydrogen-bond donors (Lipinski definition) is 0. The summed E-state index contributed by atoms with van der Waals surface area (Å²) < 4.78 is 10.4. The second kappa shape index (κ2) is 6.93. The van der Waals surface area contributed by atoms with Crippen LogP contribution < -0.4 is 0 Å². The lowest BCUT2D eigenvalue weighted by Gasteiger charge is -2.36. The van der Waals surface area contributed by atoms with Crippen LogP contribution in [0.1, 0.15) is 53.4 Å². The zero-order chi connectivity index (χ0) is 17.1. The van der Waals surface area contributed by atoms with E-state index in [-0.39, 0.29) is 17.5 Å². The van der Waals surface area contributed by atoms with Gasteiger partial charge in [-0.1, -0.05) is 6.08 Å². The number of esters is 1. The van der Waals surface area contributed by atoms with Crippen molar-refractivity contribution in [3.05, 3.63) is 12.2 Å². The van der Waals surface area contributed by atoms with Crippen LogP contribution in [0, 0.1) is 11.3 Å². The number of nitrogens with zero attached hydrogens (tertiary/aromatic N) is 1. The molecule has 0 radical (unpaired) electrons. The molecule has 2 aliphatic rings. The summed E-state index contributed by atoms with van der Waals surface area (Å²) in [5.41, 5.74) is -0.305. The Bertz CT molecular complexity index is 466. The molecule has 5 nitrogen and oxygen atoms in total. The topological polar surface area (TPSA) is 55.8 Å². The normalized spacial score (nSPS) is 21.3. The highest BCUT2D eigenvalue weighted by atomic mass is 16.6. The Labute approximate surface area is 139 Å². The fourth-order valence-corrected chi connectivity index (χ4v) is 3.24. The van der Waals surface area contributed by atoms with Gasteiger partial charge in [0.05, 0.1) is 6.61 Å². The van der Waals surface area contributed by atoms with E-state index in [1.807, 2.05) is 33.8 Å². The second-order valence-corrected chi connectivity index (χ2v) is 7.56. The Balaban J connectivity index is 1.84. The van der Waals surface area contributed by atoms with Crippen molar-refractivity contribution in [2.75, 3.05) is 19.7 Å². The Kier molecular flexibility index (Phi) is 5.37. The maximum absolute atomic E-state index is 12.1. The Morgan fingerprint density at radius 2 is 1.83 bits per heavy atom. The molecule has 1 saturated carbocycles. The van der Waals surface area contributed by atoms with Crippen LogP contribution in [-0.2, 0) is 14.3 Å². The van der Waals surface area contributed by atoms with Crippen molar-refractivity contribution in [1.29, 1.82) is 0 Å². The first-order chi connectivity index (χ1) is 10.8. The van der Waals surface area contributed by atoms with Crippen molar-refractivity contribution in [3.63, 3.8) is 0 Å². The fourth-order valence-electron chi connectivity index (χ4n) is 3.24. The van der Waals surface area contributed by atoms with Crippen LogP contribution in [0.5, 0.6) is 0 Å². The van der Waals surface area contributed by atoms with Gasteiger partial charge in [-0.3, -0.25) is 0 Å². The van der Waals surface area contributed by atoms with Crippen LogP contribution in [0.25, 0.3) is 0 Å². The number of amides is 1. The molecule has 0 unspecified atom stereocenters. The molecule has 1 heterocycles. The van der Waals surface area contributed by atoms with Crippen LogP contribution in [0.15, 0.2) is 12.2 Å². The molecule has 23 heavy (non-hydrogen) atoms. The lowest BCUT2D eigenvalue weighted by Crippen LogP contribution is -2.43. The predicted molar refractivity (Wildman–Crippen MR) is 88.0 cm³/mol. The van der Waals surface area contributed by atoms with Crippen molar-refractivity contribution in [2.45, 2.75) is 59.0 Å². The van der Waals surface area contributed by atoms with Crippen LogP contribution in [0.4, 0.5) is 4.79 Å². The number of hydrogen-bond acceptors (Lipinski definition) is 4. The molecule has 0 spiro atoms. The van der Waals surface area contributed by atoms with Crippen molar-refractivity contribution in [1.82, 2.24) is 4.90 Å². The van der Waals surface area contributed by atoms with Gasteiger partial charge in [0.1, 0.15) is 5.60 Å². The molecule has 130 valence electrons. The summed E-state index contributed by atoms with van der Waals surface area (Å²) in [6.45, 7) is 9.34. The summed E-state index contributed by atoms with van der Waals surface area (Å²) in [5, 5.41) is 0. The molecule has 0 aromatic carbocycles. The van der Waals surface area contributed by atoms with Gasteiger partial charge in [0.25, 0.3) is 0 Å². The van der Waals surface area contributed by atoms with Crippen molar-refractivity contribution >= 4 is 12.1 Å². The second-order valence-electron chi connectivity index (χ2n) is 7.56. The fraction of sp³-hybridized carbons (Fsp3) is 0.778. The number of ether oxygens (including phenoxy) is 2. The maximum atomic E-state index is 12.1. The molecular formula is C18H29NO4. The number of piperidine rings is 1. The molecule has 0 bridgehead atoms. The highest BCUT2D eigenvalue weighted by Crippen LogP contribution is 2.56. The SMILES string of the molecule is CCOC(=O)/C=C/C1(C2CCN(C(=O)OC(C)(C)C)CC2)CC1. The summed E-state index contributed by atoms with van der Waals surface area (Å²) in [4.78, 5) is 25.4. The van der Waals surface area contributed by atoms with Gasteiger partial charge in [0.15, 0.2) is 0 Å². The molecule has 2 rings (SSSR count).